The molecule has 176 valence electrons. The van der Waals surface area contributed by atoms with Gasteiger partial charge in [-0.2, -0.15) is 28.3 Å². The first kappa shape index (κ1) is 23.4. The third kappa shape index (κ3) is 5.06. The van der Waals surface area contributed by atoms with Crippen molar-refractivity contribution in [3.8, 4) is 17.2 Å². The third-order valence-corrected chi connectivity index (χ3v) is 5.50. The van der Waals surface area contributed by atoms with Crippen molar-refractivity contribution in [2.24, 2.45) is 10.1 Å². The number of benzene rings is 2. The molecule has 0 spiro atoms. The zero-order valence-corrected chi connectivity index (χ0v) is 18.4. The molecule has 0 saturated heterocycles. The van der Waals surface area contributed by atoms with Gasteiger partial charge in [-0.15, -0.1) is 0 Å². The molecule has 0 atom stereocenters. The monoisotopic (exact) mass is 490 g/mol. The van der Waals surface area contributed by atoms with E-state index in [2.05, 4.69) is 10.1 Å². The topological polar surface area (TPSA) is 96.6 Å². The van der Waals surface area contributed by atoms with Gasteiger partial charge in [-0.25, -0.2) is 0 Å². The van der Waals surface area contributed by atoms with Gasteiger partial charge in [0.25, 0.3) is 5.91 Å². The number of amidine groups is 2. The Morgan fingerprint density at radius 3 is 2.53 bits per heavy atom. The fourth-order valence-electron chi connectivity index (χ4n) is 2.99. The molecular weight excluding hydrogens is 473 g/mol. The van der Waals surface area contributed by atoms with Gasteiger partial charge in [-0.05, 0) is 47.7 Å². The van der Waals surface area contributed by atoms with Gasteiger partial charge in [0.1, 0.15) is 19.0 Å². The van der Waals surface area contributed by atoms with Gasteiger partial charge < -0.3 is 14.2 Å². The number of methoxy groups -OCH3 is 1. The molecule has 0 aromatic heterocycles. The average Bonchev–Trinajstić information content (AvgIpc) is 3.25. The van der Waals surface area contributed by atoms with Crippen LogP contribution in [0.5, 0.6) is 17.2 Å². The fourth-order valence-corrected chi connectivity index (χ4v) is 3.75. The average molecular weight is 490 g/mol. The molecule has 12 heteroatoms. The lowest BCUT2D eigenvalue weighted by molar-refractivity contribution is -0.114. The Morgan fingerprint density at radius 1 is 1.09 bits per heavy atom. The normalized spacial score (nSPS) is 16.8. The van der Waals surface area contributed by atoms with Gasteiger partial charge in [0.2, 0.25) is 10.2 Å². The highest BCUT2D eigenvalue weighted by molar-refractivity contribution is 8.27. The fraction of sp³-hybridized carbons (Fsp3) is 0.182. The smallest absolute Gasteiger partial charge is 0.441 e. The Kier molecular flexibility index (Phi) is 6.59. The number of hydrogen-bond acceptors (Lipinski definition) is 7. The van der Waals surface area contributed by atoms with Crippen molar-refractivity contribution in [1.29, 1.82) is 5.41 Å². The molecule has 0 radical (unpaired) electrons. The summed E-state index contributed by atoms with van der Waals surface area (Å²) >= 11 is 0.199. The van der Waals surface area contributed by atoms with Crippen molar-refractivity contribution in [2.75, 3.05) is 20.3 Å². The third-order valence-electron chi connectivity index (χ3n) is 4.55. The molecule has 2 aliphatic rings. The highest BCUT2D eigenvalue weighted by Crippen LogP contribution is 2.36. The molecule has 0 saturated carbocycles. The van der Waals surface area contributed by atoms with E-state index in [0.29, 0.717) is 34.4 Å². The Morgan fingerprint density at radius 2 is 1.82 bits per heavy atom. The van der Waals surface area contributed by atoms with Crippen LogP contribution in [0.3, 0.4) is 0 Å². The van der Waals surface area contributed by atoms with Crippen LogP contribution in [0.1, 0.15) is 5.56 Å². The van der Waals surface area contributed by atoms with E-state index >= 15 is 0 Å². The maximum absolute atomic E-state index is 13.0. The summed E-state index contributed by atoms with van der Waals surface area (Å²) in [5.41, 5.74) is 0.256. The second-order valence-electron chi connectivity index (χ2n) is 6.84. The van der Waals surface area contributed by atoms with Crippen LogP contribution in [-0.4, -0.2) is 53.5 Å². The number of nitrogens with one attached hydrogen (secondary N) is 1. The molecule has 2 aliphatic heterocycles. The Bertz CT molecular complexity index is 1210. The molecule has 1 N–H and O–H groups in total. The van der Waals surface area contributed by atoms with E-state index in [0.717, 1.165) is 0 Å². The van der Waals surface area contributed by atoms with Crippen LogP contribution in [0.2, 0.25) is 0 Å². The van der Waals surface area contributed by atoms with Crippen molar-refractivity contribution >= 4 is 39.8 Å². The standard InChI is InChI=1S/C22H17F3N4O4S/c1-31-17-12-13(7-8-16(17)33-10-9-32-14-5-3-2-4-6-14)11-15-18(26)29-21(27-19(15)30)34-20(28-29)22(23,24)25/h2-8,11-12,26H,9-10H2,1H3/b15-11-,26-18?. The van der Waals surface area contributed by atoms with E-state index in [-0.39, 0.29) is 29.1 Å². The lowest BCUT2D eigenvalue weighted by Gasteiger charge is -2.20. The Labute approximate surface area is 196 Å². The number of hydrogen-bond donors (Lipinski definition) is 1. The SMILES string of the molecule is COc1cc(/C=C2/C(=N)N3N=C(C(F)(F)F)SC3=NC2=O)ccc1OCCOc1ccccc1. The number of alkyl halides is 3. The lowest BCUT2D eigenvalue weighted by atomic mass is 10.1. The van der Waals surface area contributed by atoms with Crippen LogP contribution < -0.4 is 14.2 Å². The predicted octanol–water partition coefficient (Wildman–Crippen LogP) is 4.33. The zero-order valence-electron chi connectivity index (χ0n) is 17.6. The minimum atomic E-state index is -4.70. The van der Waals surface area contributed by atoms with E-state index in [1.165, 1.54) is 13.2 Å². The van der Waals surface area contributed by atoms with Crippen LogP contribution in [0.25, 0.3) is 6.08 Å². The number of fused-ring (bicyclic) bond motifs is 1. The van der Waals surface area contributed by atoms with E-state index in [1.54, 1.807) is 18.2 Å². The van der Waals surface area contributed by atoms with E-state index in [1.807, 2.05) is 30.3 Å². The first-order valence-electron chi connectivity index (χ1n) is 9.82. The summed E-state index contributed by atoms with van der Waals surface area (Å²) in [6.45, 7) is 0.553. The highest BCUT2D eigenvalue weighted by Gasteiger charge is 2.46. The summed E-state index contributed by atoms with van der Waals surface area (Å²) in [4.78, 5) is 16.0. The van der Waals surface area contributed by atoms with Gasteiger partial charge >= 0.3 is 6.18 Å². The van der Waals surface area contributed by atoms with E-state index < -0.39 is 23.0 Å². The minimum absolute atomic E-state index is 0.199. The maximum Gasteiger partial charge on any atom is 0.441 e. The molecule has 0 fully saturated rings. The minimum Gasteiger partial charge on any atom is -0.493 e. The number of ether oxygens (including phenoxy) is 3. The molecule has 0 aliphatic carbocycles. The zero-order chi connectivity index (χ0) is 24.3. The number of aliphatic imine (C=N–C) groups is 1. The van der Waals surface area contributed by atoms with E-state index in [4.69, 9.17) is 19.6 Å². The predicted molar refractivity (Wildman–Crippen MR) is 121 cm³/mol. The largest absolute Gasteiger partial charge is 0.493 e. The first-order chi connectivity index (χ1) is 16.3. The van der Waals surface area contributed by atoms with Gasteiger partial charge in [-0.1, -0.05) is 24.3 Å². The number of carbonyl (C=O) groups excluding carboxylic acids is 1. The molecule has 34 heavy (non-hydrogen) atoms. The van der Waals surface area contributed by atoms with Gasteiger partial charge in [-0.3, -0.25) is 10.2 Å². The first-order valence-corrected chi connectivity index (χ1v) is 10.6. The van der Waals surface area contributed by atoms with Crippen molar-refractivity contribution in [3.05, 3.63) is 59.7 Å². The molecule has 2 aromatic rings. The van der Waals surface area contributed by atoms with Crippen LogP contribution in [0.4, 0.5) is 13.2 Å². The number of hydrazone groups is 1. The number of nitrogens with zero attached hydrogens (tertiary/aromatic N) is 3. The maximum atomic E-state index is 13.0. The molecule has 0 bridgehead atoms. The molecular formula is C22H17F3N4O4S. The van der Waals surface area contributed by atoms with Gasteiger partial charge in [0, 0.05) is 0 Å². The second kappa shape index (κ2) is 9.59. The number of amides is 1. The number of para-hydroxylation sites is 1. The molecule has 8 nitrogen and oxygen atoms in total. The lowest BCUT2D eigenvalue weighted by Crippen LogP contribution is -2.35. The van der Waals surface area contributed by atoms with Crippen molar-refractivity contribution < 1.29 is 32.2 Å². The summed E-state index contributed by atoms with van der Waals surface area (Å²) in [6, 6.07) is 14.1. The summed E-state index contributed by atoms with van der Waals surface area (Å²) in [6.07, 6.45) is -3.37. The van der Waals surface area contributed by atoms with Crippen LogP contribution in [-0.2, 0) is 4.79 Å². The van der Waals surface area contributed by atoms with E-state index in [9.17, 15) is 18.0 Å². The summed E-state index contributed by atoms with van der Waals surface area (Å²) in [5, 5.41) is 10.8. The molecule has 1 amide bonds. The van der Waals surface area contributed by atoms with Crippen LogP contribution in [0, 0.1) is 5.41 Å². The number of thioether (sulfide) groups is 1. The quantitative estimate of drug-likeness (QED) is 0.458. The summed E-state index contributed by atoms with van der Waals surface area (Å²) in [7, 11) is 1.44. The van der Waals surface area contributed by atoms with Gasteiger partial charge in [0.15, 0.2) is 17.3 Å². The number of carbonyl (C=O) groups is 1. The van der Waals surface area contributed by atoms with Crippen LogP contribution >= 0.6 is 11.8 Å². The summed E-state index contributed by atoms with van der Waals surface area (Å²) < 4.78 is 55.5. The van der Waals surface area contributed by atoms with Crippen LogP contribution in [0.15, 0.2) is 64.2 Å². The van der Waals surface area contributed by atoms with Crippen molar-refractivity contribution in [2.45, 2.75) is 6.18 Å². The molecule has 2 aromatic carbocycles. The van der Waals surface area contributed by atoms with Gasteiger partial charge in [0.05, 0.1) is 12.7 Å². The Hall–Kier alpha value is -3.80. The van der Waals surface area contributed by atoms with Crippen molar-refractivity contribution in [3.63, 3.8) is 0 Å². The number of rotatable bonds is 7. The number of halogens is 3. The molecule has 2 heterocycles. The molecule has 0 unspecified atom stereocenters. The highest BCUT2D eigenvalue weighted by atomic mass is 32.2. The summed E-state index contributed by atoms with van der Waals surface area (Å²) in [5.74, 6) is 0.177. The van der Waals surface area contributed by atoms with Crippen molar-refractivity contribution in [1.82, 2.24) is 5.01 Å². The second-order valence-corrected chi connectivity index (χ2v) is 7.80. The Balaban J connectivity index is 1.47. The molecule has 4 rings (SSSR count).